The number of carbonyl (C=O) groups excluding carboxylic acids is 1. The van der Waals surface area contributed by atoms with E-state index in [1.54, 1.807) is 42.5 Å². The number of carbonyl (C=O) groups is 1. The molecule has 3 rings (SSSR count). The van der Waals surface area contributed by atoms with Crippen LogP contribution in [-0.2, 0) is 16.6 Å². The maximum absolute atomic E-state index is 14.0. The van der Waals surface area contributed by atoms with Gasteiger partial charge >= 0.3 is 0 Å². The first-order valence-corrected chi connectivity index (χ1v) is 12.3. The van der Waals surface area contributed by atoms with Crippen LogP contribution < -0.4 is 9.62 Å². The second-order valence-corrected chi connectivity index (χ2v) is 9.83. The molecule has 162 valence electrons. The maximum atomic E-state index is 14.0. The highest BCUT2D eigenvalue weighted by atomic mass is 32.2. The van der Waals surface area contributed by atoms with Crippen LogP contribution in [0.25, 0.3) is 0 Å². The second kappa shape index (κ2) is 10.1. The summed E-state index contributed by atoms with van der Waals surface area (Å²) >= 11 is 0. The average Bonchev–Trinajstić information content (AvgIpc) is 2.68. The van der Waals surface area contributed by atoms with Gasteiger partial charge in [-0.2, -0.15) is 0 Å². The van der Waals surface area contributed by atoms with E-state index in [4.69, 9.17) is 0 Å². The Balaban J connectivity index is 1.73. The van der Waals surface area contributed by atoms with Gasteiger partial charge in [-0.3, -0.25) is 9.10 Å². The van der Waals surface area contributed by atoms with Crippen LogP contribution in [0.1, 0.15) is 60.9 Å². The normalized spacial score (nSPS) is 15.8. The maximum Gasteiger partial charge on any atom is 0.251 e. The standard InChI is InChI=1S/C23H29FN2O3S/c1-30(28,29)26(17-19-9-7-8-12-22(19)24)21-15-13-18(14-16-21)23(27)25-20-10-5-3-2-4-6-11-20/h7-9,12-16,20H,2-6,10-11,17H2,1H3,(H,25,27). The van der Waals surface area contributed by atoms with E-state index in [1.165, 1.54) is 25.3 Å². The number of anilines is 1. The fourth-order valence-corrected chi connectivity index (χ4v) is 4.71. The highest BCUT2D eigenvalue weighted by Gasteiger charge is 2.20. The smallest absolute Gasteiger partial charge is 0.251 e. The quantitative estimate of drug-likeness (QED) is 0.723. The molecule has 1 saturated carbocycles. The topological polar surface area (TPSA) is 66.5 Å². The van der Waals surface area contributed by atoms with Crippen molar-refractivity contribution >= 4 is 21.6 Å². The Labute approximate surface area is 178 Å². The molecule has 0 radical (unpaired) electrons. The molecule has 0 saturated heterocycles. The van der Waals surface area contributed by atoms with Crippen molar-refractivity contribution in [1.29, 1.82) is 0 Å². The predicted octanol–water partition coefficient (Wildman–Crippen LogP) is 4.63. The first-order chi connectivity index (χ1) is 14.3. The molecular formula is C23H29FN2O3S. The minimum absolute atomic E-state index is 0.112. The van der Waals surface area contributed by atoms with Crippen LogP contribution in [0.5, 0.6) is 0 Å². The summed E-state index contributed by atoms with van der Waals surface area (Å²) in [6.45, 7) is -0.112. The second-order valence-electron chi connectivity index (χ2n) is 7.92. The lowest BCUT2D eigenvalue weighted by molar-refractivity contribution is 0.0930. The molecule has 30 heavy (non-hydrogen) atoms. The van der Waals surface area contributed by atoms with Gasteiger partial charge in [-0.1, -0.05) is 50.3 Å². The van der Waals surface area contributed by atoms with Gasteiger partial charge in [-0.15, -0.1) is 0 Å². The molecule has 0 aromatic heterocycles. The van der Waals surface area contributed by atoms with E-state index >= 15 is 0 Å². The Kier molecular flexibility index (Phi) is 7.48. The van der Waals surface area contributed by atoms with Crippen molar-refractivity contribution in [3.63, 3.8) is 0 Å². The largest absolute Gasteiger partial charge is 0.349 e. The third kappa shape index (κ3) is 6.05. The van der Waals surface area contributed by atoms with Gasteiger partial charge in [0.2, 0.25) is 10.0 Å². The number of halogens is 1. The zero-order chi connectivity index (χ0) is 21.6. The molecule has 1 N–H and O–H groups in total. The number of rotatable bonds is 6. The Morgan fingerprint density at radius 2 is 1.60 bits per heavy atom. The van der Waals surface area contributed by atoms with Gasteiger partial charge in [-0.25, -0.2) is 12.8 Å². The average molecular weight is 433 g/mol. The molecule has 5 nitrogen and oxygen atoms in total. The minimum Gasteiger partial charge on any atom is -0.349 e. The van der Waals surface area contributed by atoms with Crippen LogP contribution in [0.4, 0.5) is 10.1 Å². The molecule has 1 amide bonds. The van der Waals surface area contributed by atoms with Crippen molar-refractivity contribution in [2.75, 3.05) is 10.6 Å². The van der Waals surface area contributed by atoms with E-state index in [0.717, 1.165) is 36.2 Å². The SMILES string of the molecule is CS(=O)(=O)N(Cc1ccccc1F)c1ccc(C(=O)NC2CCCCCCC2)cc1. The van der Waals surface area contributed by atoms with Crippen molar-refractivity contribution in [2.24, 2.45) is 0 Å². The van der Waals surface area contributed by atoms with Crippen molar-refractivity contribution in [3.8, 4) is 0 Å². The summed E-state index contributed by atoms with van der Waals surface area (Å²) in [5, 5.41) is 3.11. The molecule has 1 fully saturated rings. The summed E-state index contributed by atoms with van der Waals surface area (Å²) in [5.41, 5.74) is 1.16. The summed E-state index contributed by atoms with van der Waals surface area (Å²) in [6.07, 6.45) is 9.03. The van der Waals surface area contributed by atoms with Crippen LogP contribution >= 0.6 is 0 Å². The van der Waals surface area contributed by atoms with Crippen molar-refractivity contribution in [1.82, 2.24) is 5.32 Å². The molecule has 0 unspecified atom stereocenters. The highest BCUT2D eigenvalue weighted by Crippen LogP contribution is 2.23. The Morgan fingerprint density at radius 3 is 2.20 bits per heavy atom. The number of nitrogens with zero attached hydrogens (tertiary/aromatic N) is 1. The lowest BCUT2D eigenvalue weighted by Crippen LogP contribution is -2.35. The van der Waals surface area contributed by atoms with Crippen LogP contribution in [0.15, 0.2) is 48.5 Å². The van der Waals surface area contributed by atoms with E-state index in [1.807, 2.05) is 0 Å². The number of hydrogen-bond acceptors (Lipinski definition) is 3. The van der Waals surface area contributed by atoms with Gasteiger partial charge in [0, 0.05) is 17.2 Å². The predicted molar refractivity (Wildman–Crippen MR) is 117 cm³/mol. The van der Waals surface area contributed by atoms with E-state index in [0.29, 0.717) is 11.3 Å². The number of hydrogen-bond donors (Lipinski definition) is 1. The lowest BCUT2D eigenvalue weighted by atomic mass is 9.96. The van der Waals surface area contributed by atoms with Gasteiger partial charge < -0.3 is 5.32 Å². The zero-order valence-electron chi connectivity index (χ0n) is 17.3. The molecule has 0 heterocycles. The van der Waals surface area contributed by atoms with Crippen LogP contribution in [-0.4, -0.2) is 26.6 Å². The molecule has 7 heteroatoms. The summed E-state index contributed by atoms with van der Waals surface area (Å²) in [5.74, 6) is -0.603. The summed E-state index contributed by atoms with van der Waals surface area (Å²) in [7, 11) is -3.63. The summed E-state index contributed by atoms with van der Waals surface area (Å²) in [4.78, 5) is 12.6. The van der Waals surface area contributed by atoms with Crippen LogP contribution in [0.2, 0.25) is 0 Å². The Bertz CT molecular complexity index is 953. The number of sulfonamides is 1. The van der Waals surface area contributed by atoms with Gasteiger partial charge in [-0.05, 0) is 43.2 Å². The third-order valence-electron chi connectivity index (χ3n) is 5.53. The van der Waals surface area contributed by atoms with Gasteiger partial charge in [0.25, 0.3) is 5.91 Å². The fraction of sp³-hybridized carbons (Fsp3) is 0.435. The third-order valence-corrected chi connectivity index (χ3v) is 6.67. The van der Waals surface area contributed by atoms with Crippen molar-refractivity contribution < 1.29 is 17.6 Å². The fourth-order valence-electron chi connectivity index (χ4n) is 3.83. The molecule has 1 aliphatic carbocycles. The molecular weight excluding hydrogens is 403 g/mol. The van der Waals surface area contributed by atoms with Gasteiger partial charge in [0.1, 0.15) is 5.82 Å². The van der Waals surface area contributed by atoms with Gasteiger partial charge in [0.15, 0.2) is 0 Å². The minimum atomic E-state index is -3.63. The van der Waals surface area contributed by atoms with E-state index < -0.39 is 15.8 Å². The number of amides is 1. The summed E-state index contributed by atoms with van der Waals surface area (Å²) < 4.78 is 39.8. The Hall–Kier alpha value is -2.41. The van der Waals surface area contributed by atoms with E-state index in [9.17, 15) is 17.6 Å². The molecule has 2 aromatic carbocycles. The van der Waals surface area contributed by atoms with E-state index in [-0.39, 0.29) is 24.1 Å². The Morgan fingerprint density at radius 1 is 1.00 bits per heavy atom. The molecule has 0 atom stereocenters. The molecule has 0 spiro atoms. The summed E-state index contributed by atoms with van der Waals surface area (Å²) in [6, 6.07) is 12.7. The molecule has 0 aliphatic heterocycles. The highest BCUT2D eigenvalue weighted by molar-refractivity contribution is 7.92. The number of benzene rings is 2. The lowest BCUT2D eigenvalue weighted by Gasteiger charge is -2.23. The van der Waals surface area contributed by atoms with Crippen LogP contribution in [0, 0.1) is 5.82 Å². The van der Waals surface area contributed by atoms with Crippen molar-refractivity contribution in [2.45, 2.75) is 57.5 Å². The first kappa shape index (κ1) is 22.3. The van der Waals surface area contributed by atoms with Crippen LogP contribution in [0.3, 0.4) is 0 Å². The van der Waals surface area contributed by atoms with Crippen molar-refractivity contribution in [3.05, 3.63) is 65.5 Å². The zero-order valence-corrected chi connectivity index (χ0v) is 18.1. The monoisotopic (exact) mass is 432 g/mol. The molecule has 0 bridgehead atoms. The molecule has 1 aliphatic rings. The van der Waals surface area contributed by atoms with E-state index in [2.05, 4.69) is 5.32 Å². The molecule has 2 aromatic rings. The number of nitrogens with one attached hydrogen (secondary N) is 1. The van der Waals surface area contributed by atoms with Gasteiger partial charge in [0.05, 0.1) is 18.5 Å². The first-order valence-electron chi connectivity index (χ1n) is 10.5.